The van der Waals surface area contributed by atoms with Gasteiger partial charge in [-0.2, -0.15) is 0 Å². The second-order valence-corrected chi connectivity index (χ2v) is 5.89. The first-order valence-electron chi connectivity index (χ1n) is 7.46. The summed E-state index contributed by atoms with van der Waals surface area (Å²) in [4.78, 5) is 12.1. The van der Waals surface area contributed by atoms with Gasteiger partial charge in [-0.25, -0.2) is 0 Å². The lowest BCUT2D eigenvalue weighted by molar-refractivity contribution is -0.103. The fourth-order valence-electron chi connectivity index (χ4n) is 2.11. The summed E-state index contributed by atoms with van der Waals surface area (Å²) in [5, 5.41) is 9.64. The highest BCUT2D eigenvalue weighted by Crippen LogP contribution is 2.25. The lowest BCUT2D eigenvalue weighted by Crippen LogP contribution is -1.99. The Hall–Kier alpha value is -2.04. The Morgan fingerprint density at radius 1 is 1.00 bits per heavy atom. The molecule has 0 aliphatic heterocycles. The third-order valence-corrected chi connectivity index (χ3v) is 4.16. The number of benzene rings is 2. The predicted molar refractivity (Wildman–Crippen MR) is 96.5 cm³/mol. The van der Waals surface area contributed by atoms with Crippen molar-refractivity contribution in [1.82, 2.24) is 0 Å². The van der Waals surface area contributed by atoms with Gasteiger partial charge in [-0.3, -0.25) is 9.00 Å². The van der Waals surface area contributed by atoms with Crippen LogP contribution in [0.15, 0.2) is 59.5 Å². The van der Waals surface area contributed by atoms with Gasteiger partial charge in [-0.1, -0.05) is 56.3 Å². The zero-order valence-corrected chi connectivity index (χ0v) is 14.5. The van der Waals surface area contributed by atoms with Crippen LogP contribution in [0.25, 0.3) is 11.1 Å². The van der Waals surface area contributed by atoms with Gasteiger partial charge in [-0.05, 0) is 28.8 Å². The zero-order chi connectivity index (χ0) is 17.2. The summed E-state index contributed by atoms with van der Waals surface area (Å²) >= 11 is 0. The molecule has 2 aromatic carbocycles. The Morgan fingerprint density at radius 3 is 2.00 bits per heavy atom. The maximum Gasteiger partial charge on any atom is 0.151 e. The van der Waals surface area contributed by atoms with E-state index in [1.807, 2.05) is 44.2 Å². The fraction of sp³-hybridized carbons (Fsp3) is 0.211. The van der Waals surface area contributed by atoms with Crippen LogP contribution < -0.4 is 0 Å². The van der Waals surface area contributed by atoms with Gasteiger partial charge in [0.15, 0.2) is 6.29 Å². The van der Waals surface area contributed by atoms with Gasteiger partial charge in [0.05, 0.1) is 6.61 Å². The van der Waals surface area contributed by atoms with Gasteiger partial charge in [-0.15, -0.1) is 0 Å². The SMILES string of the molecule is CC.CS(=O)c1ccc(/C(CO)=C(/C=O)c2ccccc2)cc1. The highest BCUT2D eigenvalue weighted by atomic mass is 32.2. The van der Waals surface area contributed by atoms with Crippen LogP contribution >= 0.6 is 0 Å². The maximum atomic E-state index is 11.4. The molecule has 2 rings (SSSR count). The van der Waals surface area contributed by atoms with Gasteiger partial charge < -0.3 is 5.11 Å². The first-order valence-corrected chi connectivity index (χ1v) is 9.01. The van der Waals surface area contributed by atoms with E-state index in [1.165, 1.54) is 0 Å². The van der Waals surface area contributed by atoms with Crippen LogP contribution in [0.1, 0.15) is 25.0 Å². The molecule has 2 aromatic rings. The Balaban J connectivity index is 0.00000127. The summed E-state index contributed by atoms with van der Waals surface area (Å²) in [7, 11) is -1.05. The van der Waals surface area contributed by atoms with Crippen molar-refractivity contribution in [3.8, 4) is 0 Å². The Morgan fingerprint density at radius 2 is 1.57 bits per heavy atom. The minimum atomic E-state index is -1.05. The standard InChI is InChI=1S/C17H16O3S.C2H6/c1-21(20)15-9-7-14(8-10-15)17(12-19)16(11-18)13-5-3-2-4-6-13;1-2/h2-11,19H,12H2,1H3;1-2H3/b17-16-;. The van der Waals surface area contributed by atoms with Crippen LogP contribution in [0, 0.1) is 0 Å². The van der Waals surface area contributed by atoms with Crippen LogP contribution in [-0.4, -0.2) is 28.5 Å². The molecule has 1 atom stereocenters. The number of allylic oxidation sites excluding steroid dienone is 1. The van der Waals surface area contributed by atoms with E-state index in [0.29, 0.717) is 16.0 Å². The number of carbonyl (C=O) groups excluding carboxylic acids is 1. The molecule has 0 aromatic heterocycles. The van der Waals surface area contributed by atoms with Crippen molar-refractivity contribution in [2.45, 2.75) is 18.7 Å². The zero-order valence-electron chi connectivity index (χ0n) is 13.7. The number of aliphatic hydroxyl groups is 1. The minimum Gasteiger partial charge on any atom is -0.392 e. The molecule has 0 saturated carbocycles. The highest BCUT2D eigenvalue weighted by Gasteiger charge is 2.10. The molecule has 0 fully saturated rings. The van der Waals surface area contributed by atoms with Crippen molar-refractivity contribution in [3.63, 3.8) is 0 Å². The number of hydrogen-bond acceptors (Lipinski definition) is 3. The molecule has 0 spiro atoms. The summed E-state index contributed by atoms with van der Waals surface area (Å²) in [6.45, 7) is 3.76. The van der Waals surface area contributed by atoms with Crippen LogP contribution in [0.2, 0.25) is 0 Å². The van der Waals surface area contributed by atoms with E-state index >= 15 is 0 Å². The molecule has 0 amide bonds. The first-order chi connectivity index (χ1) is 11.2. The number of hydrogen-bond donors (Lipinski definition) is 1. The molecule has 1 N–H and O–H groups in total. The summed E-state index contributed by atoms with van der Waals surface area (Å²) in [5.41, 5.74) is 2.53. The van der Waals surface area contributed by atoms with Gasteiger partial charge >= 0.3 is 0 Å². The quantitative estimate of drug-likeness (QED) is 0.518. The smallest absolute Gasteiger partial charge is 0.151 e. The summed E-state index contributed by atoms with van der Waals surface area (Å²) in [6, 6.07) is 16.3. The molecule has 0 bridgehead atoms. The Bertz CT molecular complexity index is 674. The van der Waals surface area contributed by atoms with Gasteiger partial charge in [0.25, 0.3) is 0 Å². The Labute approximate surface area is 140 Å². The monoisotopic (exact) mass is 330 g/mol. The van der Waals surface area contributed by atoms with Crippen molar-refractivity contribution in [2.75, 3.05) is 12.9 Å². The third-order valence-electron chi connectivity index (χ3n) is 3.22. The predicted octanol–water partition coefficient (Wildman–Crippen LogP) is 3.55. The summed E-state index contributed by atoms with van der Waals surface area (Å²) in [5.74, 6) is 0. The molecule has 0 saturated heterocycles. The average molecular weight is 330 g/mol. The third kappa shape index (κ3) is 4.98. The molecule has 3 nitrogen and oxygen atoms in total. The number of aliphatic hydroxyl groups excluding tert-OH is 1. The van der Waals surface area contributed by atoms with E-state index < -0.39 is 10.8 Å². The van der Waals surface area contributed by atoms with E-state index in [0.717, 1.165) is 17.4 Å². The topological polar surface area (TPSA) is 54.4 Å². The summed E-state index contributed by atoms with van der Waals surface area (Å²) in [6.07, 6.45) is 2.37. The molecule has 0 heterocycles. The molecule has 0 radical (unpaired) electrons. The van der Waals surface area contributed by atoms with Gasteiger partial charge in [0.1, 0.15) is 0 Å². The van der Waals surface area contributed by atoms with Crippen LogP contribution in [0.4, 0.5) is 0 Å². The van der Waals surface area contributed by atoms with E-state index in [1.54, 1.807) is 30.5 Å². The molecule has 122 valence electrons. The molecule has 23 heavy (non-hydrogen) atoms. The maximum absolute atomic E-state index is 11.4. The van der Waals surface area contributed by atoms with Crippen LogP contribution in [0.5, 0.6) is 0 Å². The van der Waals surface area contributed by atoms with E-state index in [4.69, 9.17) is 0 Å². The number of rotatable bonds is 5. The van der Waals surface area contributed by atoms with Crippen LogP contribution in [-0.2, 0) is 15.6 Å². The summed E-state index contributed by atoms with van der Waals surface area (Å²) < 4.78 is 11.4. The van der Waals surface area contributed by atoms with Crippen LogP contribution in [0.3, 0.4) is 0 Å². The highest BCUT2D eigenvalue weighted by molar-refractivity contribution is 7.84. The largest absolute Gasteiger partial charge is 0.392 e. The lowest BCUT2D eigenvalue weighted by Gasteiger charge is -2.10. The number of carbonyl (C=O) groups is 1. The molecule has 1 unspecified atom stereocenters. The second kappa shape index (κ2) is 9.87. The normalized spacial score (nSPS) is 12.5. The molecule has 0 aliphatic rings. The van der Waals surface area contributed by atoms with Crippen molar-refractivity contribution in [1.29, 1.82) is 0 Å². The molecule has 0 aliphatic carbocycles. The van der Waals surface area contributed by atoms with Gasteiger partial charge in [0.2, 0.25) is 0 Å². The van der Waals surface area contributed by atoms with Crippen molar-refractivity contribution in [2.24, 2.45) is 0 Å². The second-order valence-electron chi connectivity index (χ2n) is 4.51. The molecular formula is C19H22O3S. The minimum absolute atomic E-state index is 0.239. The van der Waals surface area contributed by atoms with E-state index in [-0.39, 0.29) is 6.61 Å². The van der Waals surface area contributed by atoms with E-state index in [9.17, 15) is 14.1 Å². The molecular weight excluding hydrogens is 308 g/mol. The average Bonchev–Trinajstić information content (AvgIpc) is 2.62. The first kappa shape index (κ1) is 19.0. The molecule has 4 heteroatoms. The van der Waals surface area contributed by atoms with E-state index in [2.05, 4.69) is 0 Å². The fourth-order valence-corrected chi connectivity index (χ4v) is 2.63. The Kier molecular flexibility index (Phi) is 8.16. The number of aldehydes is 1. The lowest BCUT2D eigenvalue weighted by atomic mass is 9.96. The van der Waals surface area contributed by atoms with Crippen molar-refractivity contribution in [3.05, 3.63) is 65.7 Å². The van der Waals surface area contributed by atoms with Crippen molar-refractivity contribution >= 4 is 28.2 Å². The van der Waals surface area contributed by atoms with Crippen molar-refractivity contribution < 1.29 is 14.1 Å². The van der Waals surface area contributed by atoms with Gasteiger partial charge in [0, 0.05) is 27.5 Å².